The summed E-state index contributed by atoms with van der Waals surface area (Å²) in [4.78, 5) is 14.8. The SMILES string of the molecule is CSc1nnc(N2C(N)=C(C#N)C(c3ccc4c(c3)OCO4)C3=C2CCCC3=O)s1. The zero-order chi connectivity index (χ0) is 20.8. The van der Waals surface area contributed by atoms with Gasteiger partial charge >= 0.3 is 0 Å². The standard InChI is InChI=1S/C20H17N5O3S2/c1-29-20-24-23-19(30-20)25-12-3-2-4-13(26)17(12)16(11(8-21)18(25)22)10-5-6-14-15(7-10)28-9-27-14/h5-7,16H,2-4,9,22H2,1H3. The van der Waals surface area contributed by atoms with Crippen molar-refractivity contribution < 1.29 is 14.3 Å². The van der Waals surface area contributed by atoms with E-state index in [4.69, 9.17) is 15.2 Å². The average Bonchev–Trinajstić information content (AvgIpc) is 3.41. The maximum Gasteiger partial charge on any atom is 0.231 e. The normalized spacial score (nSPS) is 20.5. The van der Waals surface area contributed by atoms with Gasteiger partial charge in [0.25, 0.3) is 0 Å². The first kappa shape index (κ1) is 19.0. The highest BCUT2D eigenvalue weighted by Gasteiger charge is 2.41. The van der Waals surface area contributed by atoms with Gasteiger partial charge in [-0.3, -0.25) is 9.69 Å². The monoisotopic (exact) mass is 439 g/mol. The van der Waals surface area contributed by atoms with Gasteiger partial charge in [0.1, 0.15) is 5.82 Å². The van der Waals surface area contributed by atoms with E-state index in [2.05, 4.69) is 16.3 Å². The molecule has 30 heavy (non-hydrogen) atoms. The molecule has 152 valence electrons. The fraction of sp³-hybridized carbons (Fsp3) is 0.300. The van der Waals surface area contributed by atoms with Crippen LogP contribution < -0.4 is 20.1 Å². The third kappa shape index (κ3) is 2.85. The van der Waals surface area contributed by atoms with Gasteiger partial charge in [-0.2, -0.15) is 5.26 Å². The van der Waals surface area contributed by atoms with Crippen molar-refractivity contribution in [3.8, 4) is 17.6 Å². The van der Waals surface area contributed by atoms with E-state index in [0.717, 1.165) is 22.0 Å². The molecule has 0 saturated carbocycles. The van der Waals surface area contributed by atoms with E-state index < -0.39 is 5.92 Å². The van der Waals surface area contributed by atoms with Crippen molar-refractivity contribution >= 4 is 34.0 Å². The smallest absolute Gasteiger partial charge is 0.231 e. The van der Waals surface area contributed by atoms with Gasteiger partial charge in [-0.25, -0.2) is 0 Å². The number of nitriles is 1. The third-order valence-electron chi connectivity index (χ3n) is 5.40. The molecule has 2 aliphatic heterocycles. The summed E-state index contributed by atoms with van der Waals surface area (Å²) in [6.07, 6.45) is 3.77. The van der Waals surface area contributed by atoms with Crippen LogP contribution in [0.25, 0.3) is 0 Å². The number of hydrogen-bond donors (Lipinski definition) is 1. The number of nitrogens with two attached hydrogens (primary N) is 1. The number of aromatic nitrogens is 2. The third-order valence-corrected chi connectivity index (χ3v) is 7.29. The van der Waals surface area contributed by atoms with Crippen molar-refractivity contribution in [2.45, 2.75) is 29.5 Å². The summed E-state index contributed by atoms with van der Waals surface area (Å²) in [7, 11) is 0. The molecule has 0 saturated heterocycles. The fourth-order valence-electron chi connectivity index (χ4n) is 4.11. The van der Waals surface area contributed by atoms with Crippen LogP contribution >= 0.6 is 23.1 Å². The summed E-state index contributed by atoms with van der Waals surface area (Å²) < 4.78 is 11.7. The Labute approximate surface area is 181 Å². The second-order valence-electron chi connectivity index (χ2n) is 6.98. The van der Waals surface area contributed by atoms with Crippen LogP contribution in [0.1, 0.15) is 30.7 Å². The van der Waals surface area contributed by atoms with E-state index in [9.17, 15) is 10.1 Å². The molecule has 3 heterocycles. The van der Waals surface area contributed by atoms with Crippen molar-refractivity contribution in [3.05, 3.63) is 46.4 Å². The molecule has 1 atom stereocenters. The molecule has 0 fully saturated rings. The van der Waals surface area contributed by atoms with Crippen molar-refractivity contribution in [2.75, 3.05) is 17.9 Å². The summed E-state index contributed by atoms with van der Waals surface area (Å²) in [5, 5.41) is 19.0. The first-order valence-corrected chi connectivity index (χ1v) is 11.4. The van der Waals surface area contributed by atoms with Gasteiger partial charge in [0.15, 0.2) is 21.6 Å². The molecular weight excluding hydrogens is 422 g/mol. The van der Waals surface area contributed by atoms with Crippen molar-refractivity contribution in [3.63, 3.8) is 0 Å². The van der Waals surface area contributed by atoms with Crippen molar-refractivity contribution in [1.29, 1.82) is 5.26 Å². The predicted octanol–water partition coefficient (Wildman–Crippen LogP) is 3.29. The molecule has 0 spiro atoms. The van der Waals surface area contributed by atoms with Gasteiger partial charge in [-0.15, -0.1) is 10.2 Å². The number of ketones is 1. The van der Waals surface area contributed by atoms with Crippen LogP contribution in [-0.2, 0) is 4.79 Å². The molecule has 1 aliphatic carbocycles. The molecule has 2 N–H and O–H groups in total. The lowest BCUT2D eigenvalue weighted by Crippen LogP contribution is -2.38. The Bertz CT molecular complexity index is 1160. The number of benzene rings is 1. The zero-order valence-electron chi connectivity index (χ0n) is 16.0. The average molecular weight is 440 g/mol. The summed E-state index contributed by atoms with van der Waals surface area (Å²) in [5.74, 6) is 1.02. The maximum atomic E-state index is 13.1. The van der Waals surface area contributed by atoms with Crippen LogP contribution in [0.4, 0.5) is 5.13 Å². The van der Waals surface area contributed by atoms with Gasteiger partial charge in [0.05, 0.1) is 17.6 Å². The van der Waals surface area contributed by atoms with Gasteiger partial charge in [0.2, 0.25) is 11.9 Å². The Morgan fingerprint density at radius 2 is 2.13 bits per heavy atom. The van der Waals surface area contributed by atoms with E-state index >= 15 is 0 Å². The summed E-state index contributed by atoms with van der Waals surface area (Å²) in [6, 6.07) is 7.75. The summed E-state index contributed by atoms with van der Waals surface area (Å²) in [5.41, 5.74) is 9.03. The molecule has 8 nitrogen and oxygen atoms in total. The quantitative estimate of drug-likeness (QED) is 0.719. The lowest BCUT2D eigenvalue weighted by Gasteiger charge is -2.38. The Kier molecular flexibility index (Phi) is 4.64. The van der Waals surface area contributed by atoms with Gasteiger partial charge < -0.3 is 15.2 Å². The first-order valence-electron chi connectivity index (χ1n) is 9.35. The van der Waals surface area contributed by atoms with Crippen LogP contribution in [-0.4, -0.2) is 29.0 Å². The molecular formula is C20H17N5O3S2. The molecule has 3 aliphatic rings. The highest BCUT2D eigenvalue weighted by molar-refractivity contribution is 8.00. The number of thioether (sulfide) groups is 1. The number of nitrogens with zero attached hydrogens (tertiary/aromatic N) is 4. The largest absolute Gasteiger partial charge is 0.454 e. The number of allylic oxidation sites excluding steroid dienone is 3. The van der Waals surface area contributed by atoms with Gasteiger partial charge in [-0.1, -0.05) is 29.2 Å². The molecule has 1 aromatic heterocycles. The minimum absolute atomic E-state index is 0.0266. The van der Waals surface area contributed by atoms with Crippen LogP contribution in [0, 0.1) is 11.3 Å². The Hall–Kier alpha value is -3.03. The number of carbonyl (C=O) groups excluding carboxylic acids is 1. The molecule has 1 unspecified atom stereocenters. The van der Waals surface area contributed by atoms with Crippen LogP contribution in [0.15, 0.2) is 45.2 Å². The Balaban J connectivity index is 1.70. The van der Waals surface area contributed by atoms with E-state index in [1.165, 1.54) is 23.1 Å². The number of fused-ring (bicyclic) bond motifs is 1. The van der Waals surface area contributed by atoms with E-state index in [0.29, 0.717) is 40.6 Å². The molecule has 1 aromatic carbocycles. The minimum atomic E-state index is -0.545. The lowest BCUT2D eigenvalue weighted by molar-refractivity contribution is -0.116. The number of Topliss-reactive ketones (excluding diaryl/α,β-unsaturated/α-hetero) is 1. The van der Waals surface area contributed by atoms with E-state index in [1.54, 1.807) is 11.0 Å². The second kappa shape index (κ2) is 7.34. The minimum Gasteiger partial charge on any atom is -0.454 e. The topological polar surface area (TPSA) is 114 Å². The summed E-state index contributed by atoms with van der Waals surface area (Å²) in [6.45, 7) is 0.155. The predicted molar refractivity (Wildman–Crippen MR) is 112 cm³/mol. The molecule has 0 amide bonds. The van der Waals surface area contributed by atoms with Crippen LogP contribution in [0.5, 0.6) is 11.5 Å². The molecule has 2 aromatic rings. The molecule has 10 heteroatoms. The van der Waals surface area contributed by atoms with Gasteiger partial charge in [-0.05, 0) is 36.8 Å². The number of rotatable bonds is 3. The number of ether oxygens (including phenoxy) is 2. The Morgan fingerprint density at radius 3 is 2.90 bits per heavy atom. The number of hydrogen-bond acceptors (Lipinski definition) is 10. The highest BCUT2D eigenvalue weighted by Crippen LogP contribution is 2.48. The number of carbonyl (C=O) groups is 1. The van der Waals surface area contributed by atoms with Crippen molar-refractivity contribution in [1.82, 2.24) is 10.2 Å². The molecule has 0 bridgehead atoms. The van der Waals surface area contributed by atoms with E-state index in [-0.39, 0.29) is 18.4 Å². The zero-order valence-corrected chi connectivity index (χ0v) is 17.7. The Morgan fingerprint density at radius 1 is 1.30 bits per heavy atom. The fourth-order valence-corrected chi connectivity index (χ4v) is 5.41. The lowest BCUT2D eigenvalue weighted by atomic mass is 9.76. The first-order chi connectivity index (χ1) is 14.6. The van der Waals surface area contributed by atoms with Gasteiger partial charge in [0, 0.05) is 17.7 Å². The molecule has 5 rings (SSSR count). The van der Waals surface area contributed by atoms with Crippen molar-refractivity contribution in [2.24, 2.45) is 5.73 Å². The van der Waals surface area contributed by atoms with Crippen LogP contribution in [0.3, 0.4) is 0 Å². The van der Waals surface area contributed by atoms with E-state index in [1.807, 2.05) is 18.4 Å². The maximum absolute atomic E-state index is 13.1. The second-order valence-corrected chi connectivity index (χ2v) is 8.99. The summed E-state index contributed by atoms with van der Waals surface area (Å²) >= 11 is 2.87. The number of anilines is 1. The highest BCUT2D eigenvalue weighted by atomic mass is 32.2. The van der Waals surface area contributed by atoms with Crippen LogP contribution in [0.2, 0.25) is 0 Å². The molecule has 0 radical (unpaired) electrons.